The molecule has 1 fully saturated rings. The number of amidine groups is 1. The molecule has 2 aromatic carbocycles. The molecular formula is C24H15ClF3N5OS. The molecule has 0 atom stereocenters. The zero-order valence-corrected chi connectivity index (χ0v) is 19.3. The van der Waals surface area contributed by atoms with Gasteiger partial charge in [0.25, 0.3) is 5.91 Å². The first kappa shape index (κ1) is 23.1. The third kappa shape index (κ3) is 5.08. The van der Waals surface area contributed by atoms with Crippen molar-refractivity contribution in [3.63, 3.8) is 0 Å². The van der Waals surface area contributed by atoms with E-state index in [4.69, 9.17) is 11.6 Å². The summed E-state index contributed by atoms with van der Waals surface area (Å²) in [5.74, 6) is -0.268. The summed E-state index contributed by atoms with van der Waals surface area (Å²) in [6, 6.07) is 12.6. The predicted molar refractivity (Wildman–Crippen MR) is 130 cm³/mol. The van der Waals surface area contributed by atoms with Crippen LogP contribution >= 0.6 is 23.4 Å². The number of thioether (sulfide) groups is 1. The van der Waals surface area contributed by atoms with Gasteiger partial charge in [0, 0.05) is 16.6 Å². The number of nitrogens with one attached hydrogen (secondary N) is 1. The van der Waals surface area contributed by atoms with E-state index < -0.39 is 11.7 Å². The lowest BCUT2D eigenvalue weighted by Gasteiger charge is -2.14. The van der Waals surface area contributed by atoms with Crippen molar-refractivity contribution in [2.24, 2.45) is 4.99 Å². The number of alkyl halides is 3. The lowest BCUT2D eigenvalue weighted by Crippen LogP contribution is -2.19. The zero-order valence-electron chi connectivity index (χ0n) is 17.8. The van der Waals surface area contributed by atoms with Gasteiger partial charge in [-0.1, -0.05) is 23.7 Å². The summed E-state index contributed by atoms with van der Waals surface area (Å²) in [5.41, 5.74) is 1.32. The summed E-state index contributed by atoms with van der Waals surface area (Å²) in [6.45, 7) is -0.0671. The fourth-order valence-corrected chi connectivity index (χ4v) is 4.62. The Bertz CT molecular complexity index is 1500. The van der Waals surface area contributed by atoms with Crippen LogP contribution < -0.4 is 5.32 Å². The largest absolute Gasteiger partial charge is 0.416 e. The summed E-state index contributed by atoms with van der Waals surface area (Å²) >= 11 is 6.99. The van der Waals surface area contributed by atoms with Crippen molar-refractivity contribution in [2.75, 3.05) is 0 Å². The highest BCUT2D eigenvalue weighted by atomic mass is 35.5. The quantitative estimate of drug-likeness (QED) is 0.337. The SMILES string of the molecule is O=C1NC(=Nc2cccnc2)S/C1=C\c1ccc2c(cnn2Cc2ccc(Cl)cc2C(F)(F)F)c1. The first-order chi connectivity index (χ1) is 16.8. The van der Waals surface area contributed by atoms with Crippen LogP contribution in [-0.2, 0) is 17.5 Å². The molecule has 0 radical (unpaired) electrons. The van der Waals surface area contributed by atoms with Gasteiger partial charge in [-0.15, -0.1) is 0 Å². The van der Waals surface area contributed by atoms with E-state index in [2.05, 4.69) is 20.4 Å². The van der Waals surface area contributed by atoms with Crippen LogP contribution in [0.4, 0.5) is 18.9 Å². The second kappa shape index (κ2) is 9.20. The number of aromatic nitrogens is 3. The second-order valence-corrected chi connectivity index (χ2v) is 9.08. The molecule has 176 valence electrons. The number of fused-ring (bicyclic) bond motifs is 1. The molecule has 3 heterocycles. The maximum Gasteiger partial charge on any atom is 0.416 e. The number of carbonyl (C=O) groups is 1. The molecule has 1 aliphatic heterocycles. The number of benzene rings is 2. The van der Waals surface area contributed by atoms with Crippen molar-refractivity contribution in [2.45, 2.75) is 12.7 Å². The monoisotopic (exact) mass is 513 g/mol. The van der Waals surface area contributed by atoms with Crippen molar-refractivity contribution in [1.29, 1.82) is 0 Å². The number of rotatable bonds is 4. The highest BCUT2D eigenvalue weighted by molar-refractivity contribution is 8.18. The lowest BCUT2D eigenvalue weighted by molar-refractivity contribution is -0.138. The maximum atomic E-state index is 13.5. The van der Waals surface area contributed by atoms with Gasteiger partial charge in [-0.25, -0.2) is 4.99 Å². The van der Waals surface area contributed by atoms with E-state index in [-0.39, 0.29) is 23.0 Å². The summed E-state index contributed by atoms with van der Waals surface area (Å²) in [6.07, 6.45) is 2.01. The highest BCUT2D eigenvalue weighted by Gasteiger charge is 2.33. The smallest absolute Gasteiger partial charge is 0.300 e. The molecule has 2 aromatic heterocycles. The molecule has 0 aliphatic carbocycles. The first-order valence-electron chi connectivity index (χ1n) is 10.3. The molecule has 5 rings (SSSR count). The number of halogens is 4. The Kier molecular flexibility index (Phi) is 6.08. The zero-order chi connectivity index (χ0) is 24.6. The molecule has 1 amide bonds. The van der Waals surface area contributed by atoms with Crippen LogP contribution in [0.15, 0.2) is 77.0 Å². The van der Waals surface area contributed by atoms with Crippen molar-refractivity contribution in [1.82, 2.24) is 20.1 Å². The van der Waals surface area contributed by atoms with Gasteiger partial charge in [0.1, 0.15) is 0 Å². The molecule has 0 saturated carbocycles. The van der Waals surface area contributed by atoms with Gasteiger partial charge in [-0.2, -0.15) is 18.3 Å². The molecule has 0 bridgehead atoms. The summed E-state index contributed by atoms with van der Waals surface area (Å²) in [7, 11) is 0. The Hall–Kier alpha value is -3.63. The molecule has 4 aromatic rings. The number of amides is 1. The van der Waals surface area contributed by atoms with E-state index in [0.29, 0.717) is 21.3 Å². The Morgan fingerprint density at radius 3 is 2.77 bits per heavy atom. The van der Waals surface area contributed by atoms with Crippen molar-refractivity contribution in [3.05, 3.63) is 93.7 Å². The molecule has 1 saturated heterocycles. The van der Waals surface area contributed by atoms with Gasteiger partial charge in [0.2, 0.25) is 0 Å². The van der Waals surface area contributed by atoms with Crippen LogP contribution in [0.5, 0.6) is 0 Å². The van der Waals surface area contributed by atoms with Gasteiger partial charge in [0.05, 0.1) is 40.6 Å². The average Bonchev–Trinajstić information content (AvgIpc) is 3.37. The first-order valence-corrected chi connectivity index (χ1v) is 11.5. The van der Waals surface area contributed by atoms with Gasteiger partial charge < -0.3 is 5.32 Å². The predicted octanol–water partition coefficient (Wildman–Crippen LogP) is 6.04. The fourth-order valence-electron chi connectivity index (χ4n) is 3.60. The van der Waals surface area contributed by atoms with Crippen LogP contribution in [0.25, 0.3) is 17.0 Å². The van der Waals surface area contributed by atoms with Crippen LogP contribution in [-0.4, -0.2) is 25.8 Å². The van der Waals surface area contributed by atoms with Gasteiger partial charge >= 0.3 is 6.18 Å². The number of carbonyl (C=O) groups excluding carboxylic acids is 1. The standard InChI is InChI=1S/C24H15ClF3N5OS/c25-17-5-4-15(19(10-17)24(26,27)28)13-33-20-6-3-14(8-16(20)11-30-33)9-21-22(34)32-23(35-21)31-18-2-1-7-29-12-18/h1-12H,13H2,(H,31,32,34)/b21-9-. The number of aliphatic imine (C=N–C) groups is 1. The Morgan fingerprint density at radius 2 is 2.00 bits per heavy atom. The van der Waals surface area contributed by atoms with E-state index in [1.165, 1.54) is 28.6 Å². The highest BCUT2D eigenvalue weighted by Crippen LogP contribution is 2.34. The molecule has 1 N–H and O–H groups in total. The number of hydrogen-bond donors (Lipinski definition) is 1. The van der Waals surface area contributed by atoms with Gasteiger partial charge in [0.15, 0.2) is 5.17 Å². The van der Waals surface area contributed by atoms with Crippen molar-refractivity contribution in [3.8, 4) is 0 Å². The van der Waals surface area contributed by atoms with E-state index in [1.54, 1.807) is 48.9 Å². The number of pyridine rings is 1. The minimum absolute atomic E-state index is 0.0199. The van der Waals surface area contributed by atoms with E-state index in [9.17, 15) is 18.0 Å². The Balaban J connectivity index is 1.40. The van der Waals surface area contributed by atoms with E-state index in [1.807, 2.05) is 6.07 Å². The molecule has 35 heavy (non-hydrogen) atoms. The number of nitrogens with zero attached hydrogens (tertiary/aromatic N) is 4. The normalized spacial score (nSPS) is 16.4. The Labute approximate surface area is 206 Å². The third-order valence-corrected chi connectivity index (χ3v) is 6.33. The molecule has 11 heteroatoms. The van der Waals surface area contributed by atoms with E-state index >= 15 is 0 Å². The Morgan fingerprint density at radius 1 is 1.14 bits per heavy atom. The maximum absolute atomic E-state index is 13.5. The van der Waals surface area contributed by atoms with Gasteiger partial charge in [-0.3, -0.25) is 14.5 Å². The molecule has 6 nitrogen and oxygen atoms in total. The van der Waals surface area contributed by atoms with Crippen LogP contribution in [0.1, 0.15) is 16.7 Å². The second-order valence-electron chi connectivity index (χ2n) is 7.61. The minimum atomic E-state index is -4.53. The van der Waals surface area contributed by atoms with Crippen LogP contribution in [0, 0.1) is 0 Å². The third-order valence-electron chi connectivity index (χ3n) is 5.19. The molecular weight excluding hydrogens is 499 g/mol. The van der Waals surface area contributed by atoms with Crippen LogP contribution in [0.3, 0.4) is 0 Å². The van der Waals surface area contributed by atoms with Crippen molar-refractivity contribution < 1.29 is 18.0 Å². The molecule has 1 aliphatic rings. The summed E-state index contributed by atoms with van der Waals surface area (Å²) < 4.78 is 41.9. The minimum Gasteiger partial charge on any atom is -0.300 e. The summed E-state index contributed by atoms with van der Waals surface area (Å²) in [4.78, 5) is 21.2. The lowest BCUT2D eigenvalue weighted by atomic mass is 10.1. The van der Waals surface area contributed by atoms with Crippen LogP contribution in [0.2, 0.25) is 5.02 Å². The van der Waals surface area contributed by atoms with Crippen molar-refractivity contribution >= 4 is 57.1 Å². The fraction of sp³-hybridized carbons (Fsp3) is 0.0833. The summed E-state index contributed by atoms with van der Waals surface area (Å²) in [5, 5.41) is 8.19. The average molecular weight is 514 g/mol. The molecule has 0 spiro atoms. The van der Waals surface area contributed by atoms with E-state index in [0.717, 1.165) is 17.0 Å². The topological polar surface area (TPSA) is 72.2 Å². The molecule has 0 unspecified atom stereocenters. The number of hydrogen-bond acceptors (Lipinski definition) is 5. The van der Waals surface area contributed by atoms with Gasteiger partial charge in [-0.05, 0) is 65.4 Å².